The minimum absolute atomic E-state index is 0.229. The van der Waals surface area contributed by atoms with Crippen LogP contribution in [0.25, 0.3) is 0 Å². The fourth-order valence-electron chi connectivity index (χ4n) is 1.56. The minimum atomic E-state index is -0.843. The Morgan fingerprint density at radius 2 is 1.86 bits per heavy atom. The van der Waals surface area contributed by atoms with Crippen LogP contribution in [-0.2, 0) is 0 Å². The smallest absolute Gasteiger partial charge is 0.306 e. The molecule has 21 heavy (non-hydrogen) atoms. The summed E-state index contributed by atoms with van der Waals surface area (Å²) >= 11 is 8.95. The van der Waals surface area contributed by atoms with E-state index in [2.05, 4.69) is 21.2 Å². The van der Waals surface area contributed by atoms with Gasteiger partial charge in [0, 0.05) is 4.47 Å². The monoisotopic (exact) mass is 370 g/mol. The van der Waals surface area contributed by atoms with Gasteiger partial charge in [0.15, 0.2) is 0 Å². The Morgan fingerprint density at radius 1 is 1.14 bits per heavy atom. The van der Waals surface area contributed by atoms with E-state index in [1.807, 2.05) is 5.32 Å². The molecule has 2 aromatic rings. The van der Waals surface area contributed by atoms with Gasteiger partial charge in [-0.25, -0.2) is 9.18 Å². The maximum atomic E-state index is 13.6. The first-order valence-corrected chi connectivity index (χ1v) is 6.96. The van der Waals surface area contributed by atoms with Crippen molar-refractivity contribution < 1.29 is 14.0 Å². The SMILES string of the molecule is O=C(NC(=O)c1ccc(Br)cc1F)Nc1ccccc1Cl. The number of hydrogen-bond acceptors (Lipinski definition) is 2. The summed E-state index contributed by atoms with van der Waals surface area (Å²) in [7, 11) is 0. The second-order valence-electron chi connectivity index (χ2n) is 4.01. The van der Waals surface area contributed by atoms with Crippen molar-refractivity contribution in [2.45, 2.75) is 0 Å². The highest BCUT2D eigenvalue weighted by Gasteiger charge is 2.15. The summed E-state index contributed by atoms with van der Waals surface area (Å²) in [6.07, 6.45) is 0. The molecular weight excluding hydrogens is 363 g/mol. The number of rotatable bonds is 2. The first kappa shape index (κ1) is 15.5. The number of hydrogen-bond donors (Lipinski definition) is 2. The van der Waals surface area contributed by atoms with E-state index >= 15 is 0 Å². The third kappa shape index (κ3) is 4.03. The fraction of sp³-hybridized carbons (Fsp3) is 0. The molecule has 0 aliphatic heterocycles. The van der Waals surface area contributed by atoms with E-state index in [9.17, 15) is 14.0 Å². The molecular formula is C14H9BrClFN2O2. The molecule has 108 valence electrons. The summed E-state index contributed by atoms with van der Waals surface area (Å²) in [4.78, 5) is 23.5. The quantitative estimate of drug-likeness (QED) is 0.831. The van der Waals surface area contributed by atoms with Gasteiger partial charge in [0.2, 0.25) is 0 Å². The predicted octanol–water partition coefficient (Wildman–Crippen LogP) is 4.20. The van der Waals surface area contributed by atoms with E-state index in [-0.39, 0.29) is 5.56 Å². The number of imide groups is 1. The number of para-hydroxylation sites is 1. The van der Waals surface area contributed by atoms with Gasteiger partial charge in [-0.3, -0.25) is 10.1 Å². The second kappa shape index (κ2) is 6.69. The molecule has 0 aromatic heterocycles. The number of nitrogens with one attached hydrogen (secondary N) is 2. The Morgan fingerprint density at radius 3 is 2.52 bits per heavy atom. The Kier molecular flexibility index (Phi) is 4.93. The van der Waals surface area contributed by atoms with Crippen LogP contribution in [0.15, 0.2) is 46.9 Å². The van der Waals surface area contributed by atoms with E-state index in [4.69, 9.17) is 11.6 Å². The zero-order chi connectivity index (χ0) is 15.4. The van der Waals surface area contributed by atoms with Crippen LogP contribution in [0.2, 0.25) is 5.02 Å². The third-order valence-electron chi connectivity index (χ3n) is 2.52. The first-order valence-electron chi connectivity index (χ1n) is 5.79. The predicted molar refractivity (Wildman–Crippen MR) is 82.0 cm³/mol. The molecule has 4 nitrogen and oxygen atoms in total. The van der Waals surface area contributed by atoms with E-state index in [0.717, 1.165) is 6.07 Å². The number of amides is 3. The summed E-state index contributed by atoms with van der Waals surface area (Å²) in [5.74, 6) is -1.57. The van der Waals surface area contributed by atoms with E-state index in [1.54, 1.807) is 24.3 Å². The lowest BCUT2D eigenvalue weighted by Gasteiger charge is -2.08. The molecule has 0 aliphatic carbocycles. The van der Waals surface area contributed by atoms with Crippen molar-refractivity contribution in [1.82, 2.24) is 5.32 Å². The minimum Gasteiger partial charge on any atom is -0.306 e. The van der Waals surface area contributed by atoms with Crippen LogP contribution in [-0.4, -0.2) is 11.9 Å². The lowest BCUT2D eigenvalue weighted by molar-refractivity contribution is 0.0963. The summed E-state index contributed by atoms with van der Waals surface area (Å²) in [5.41, 5.74) is 0.119. The van der Waals surface area contributed by atoms with Gasteiger partial charge in [-0.1, -0.05) is 39.7 Å². The van der Waals surface area contributed by atoms with Gasteiger partial charge in [0.05, 0.1) is 16.3 Å². The van der Waals surface area contributed by atoms with Crippen molar-refractivity contribution in [3.8, 4) is 0 Å². The molecule has 3 amide bonds. The molecule has 0 saturated carbocycles. The molecule has 0 heterocycles. The Balaban J connectivity index is 2.06. The molecule has 0 unspecified atom stereocenters. The number of halogens is 3. The van der Waals surface area contributed by atoms with Crippen molar-refractivity contribution in [3.05, 3.63) is 63.3 Å². The molecule has 2 aromatic carbocycles. The molecule has 2 N–H and O–H groups in total. The van der Waals surface area contributed by atoms with Gasteiger partial charge < -0.3 is 5.32 Å². The molecule has 7 heteroatoms. The molecule has 0 spiro atoms. The average Bonchev–Trinajstić information content (AvgIpc) is 2.41. The van der Waals surface area contributed by atoms with Crippen LogP contribution in [0.5, 0.6) is 0 Å². The lowest BCUT2D eigenvalue weighted by Crippen LogP contribution is -2.34. The standard InChI is InChI=1S/C14H9BrClFN2O2/c15-8-5-6-9(11(17)7-8)13(20)19-14(21)18-12-4-2-1-3-10(12)16/h1-7H,(H2,18,19,20,21). The van der Waals surface area contributed by atoms with Crippen LogP contribution in [0.1, 0.15) is 10.4 Å². The number of benzene rings is 2. The van der Waals surface area contributed by atoms with Crippen LogP contribution in [0.3, 0.4) is 0 Å². The third-order valence-corrected chi connectivity index (χ3v) is 3.35. The van der Waals surface area contributed by atoms with Crippen LogP contribution >= 0.6 is 27.5 Å². The molecule has 0 radical (unpaired) electrons. The lowest BCUT2D eigenvalue weighted by atomic mass is 10.2. The van der Waals surface area contributed by atoms with Gasteiger partial charge in [-0.15, -0.1) is 0 Å². The Hall–Kier alpha value is -1.92. The van der Waals surface area contributed by atoms with Crippen molar-refractivity contribution in [3.63, 3.8) is 0 Å². The number of carbonyl (C=O) groups excluding carboxylic acids is 2. The topological polar surface area (TPSA) is 58.2 Å². The van der Waals surface area contributed by atoms with Crippen LogP contribution in [0.4, 0.5) is 14.9 Å². The summed E-state index contributed by atoms with van der Waals surface area (Å²) < 4.78 is 14.1. The highest BCUT2D eigenvalue weighted by Crippen LogP contribution is 2.20. The molecule has 0 fully saturated rings. The highest BCUT2D eigenvalue weighted by atomic mass is 79.9. The molecule has 0 saturated heterocycles. The summed E-state index contributed by atoms with van der Waals surface area (Å²) in [5, 5.41) is 4.77. The molecule has 2 rings (SSSR count). The Labute approximate surface area is 133 Å². The van der Waals surface area contributed by atoms with E-state index in [0.29, 0.717) is 15.2 Å². The van der Waals surface area contributed by atoms with E-state index in [1.165, 1.54) is 12.1 Å². The van der Waals surface area contributed by atoms with Crippen molar-refractivity contribution in [2.75, 3.05) is 5.32 Å². The van der Waals surface area contributed by atoms with Gasteiger partial charge in [-0.2, -0.15) is 0 Å². The van der Waals surface area contributed by atoms with Crippen LogP contribution in [0, 0.1) is 5.82 Å². The van der Waals surface area contributed by atoms with Crippen molar-refractivity contribution in [1.29, 1.82) is 0 Å². The average molecular weight is 372 g/mol. The van der Waals surface area contributed by atoms with Crippen molar-refractivity contribution >= 4 is 45.2 Å². The van der Waals surface area contributed by atoms with Crippen molar-refractivity contribution in [2.24, 2.45) is 0 Å². The van der Waals surface area contributed by atoms with Gasteiger partial charge in [0.1, 0.15) is 5.82 Å². The van der Waals surface area contributed by atoms with E-state index < -0.39 is 17.8 Å². The second-order valence-corrected chi connectivity index (χ2v) is 5.34. The summed E-state index contributed by atoms with van der Waals surface area (Å²) in [6.45, 7) is 0. The maximum absolute atomic E-state index is 13.6. The molecule has 0 bridgehead atoms. The van der Waals surface area contributed by atoms with Crippen LogP contribution < -0.4 is 10.6 Å². The highest BCUT2D eigenvalue weighted by molar-refractivity contribution is 9.10. The normalized spacial score (nSPS) is 10.0. The first-order chi connectivity index (χ1) is 9.97. The van der Waals surface area contributed by atoms with Gasteiger partial charge >= 0.3 is 6.03 Å². The molecule has 0 atom stereocenters. The number of urea groups is 1. The van der Waals surface area contributed by atoms with Gasteiger partial charge in [-0.05, 0) is 30.3 Å². The fourth-order valence-corrected chi connectivity index (χ4v) is 2.08. The van der Waals surface area contributed by atoms with Gasteiger partial charge in [0.25, 0.3) is 5.91 Å². The number of anilines is 1. The maximum Gasteiger partial charge on any atom is 0.326 e. The molecule has 0 aliphatic rings. The largest absolute Gasteiger partial charge is 0.326 e. The zero-order valence-electron chi connectivity index (χ0n) is 10.5. The number of carbonyl (C=O) groups is 2. The Bertz CT molecular complexity index is 709. The summed E-state index contributed by atoms with van der Waals surface area (Å²) in [6, 6.07) is 9.67. The zero-order valence-corrected chi connectivity index (χ0v) is 12.8.